The third-order valence-electron chi connectivity index (χ3n) is 4.78. The normalized spacial score (nSPS) is 15.4. The van der Waals surface area contributed by atoms with Gasteiger partial charge in [0.25, 0.3) is 0 Å². The molecule has 2 aromatic carbocycles. The number of rotatable bonds is 6. The molecule has 146 valence electrons. The predicted octanol–water partition coefficient (Wildman–Crippen LogP) is 4.10. The molecule has 1 aromatic heterocycles. The van der Waals surface area contributed by atoms with Crippen molar-refractivity contribution in [3.05, 3.63) is 66.4 Å². The summed E-state index contributed by atoms with van der Waals surface area (Å²) in [5.74, 6) is 1.27. The van der Waals surface area contributed by atoms with Crippen molar-refractivity contribution >= 4 is 10.0 Å². The quantitative estimate of drug-likeness (QED) is 0.625. The lowest BCUT2D eigenvalue weighted by Gasteiger charge is -2.25. The SMILES string of the molecule is O=S(=O)(c1ccc(OCc2cc(-c3ccccc3)on2)cc1)N1CCCCC1. The van der Waals surface area contributed by atoms with E-state index in [2.05, 4.69) is 5.16 Å². The summed E-state index contributed by atoms with van der Waals surface area (Å²) >= 11 is 0. The number of aromatic nitrogens is 1. The second-order valence-corrected chi connectivity index (χ2v) is 8.71. The van der Waals surface area contributed by atoms with Gasteiger partial charge in [-0.2, -0.15) is 4.31 Å². The van der Waals surface area contributed by atoms with Gasteiger partial charge in [-0.1, -0.05) is 41.9 Å². The zero-order valence-corrected chi connectivity index (χ0v) is 16.3. The van der Waals surface area contributed by atoms with E-state index in [1.807, 2.05) is 36.4 Å². The van der Waals surface area contributed by atoms with Gasteiger partial charge < -0.3 is 9.26 Å². The molecule has 0 aliphatic carbocycles. The van der Waals surface area contributed by atoms with Crippen LogP contribution in [0.3, 0.4) is 0 Å². The van der Waals surface area contributed by atoms with E-state index >= 15 is 0 Å². The Bertz CT molecular complexity index is 1010. The van der Waals surface area contributed by atoms with Gasteiger partial charge in [0.05, 0.1) is 4.90 Å². The number of benzene rings is 2. The van der Waals surface area contributed by atoms with Gasteiger partial charge in [0, 0.05) is 24.7 Å². The lowest BCUT2D eigenvalue weighted by atomic mass is 10.2. The van der Waals surface area contributed by atoms with E-state index in [0.717, 1.165) is 24.8 Å². The maximum atomic E-state index is 12.7. The molecule has 0 radical (unpaired) electrons. The van der Waals surface area contributed by atoms with Gasteiger partial charge in [0.1, 0.15) is 18.1 Å². The minimum atomic E-state index is -3.42. The summed E-state index contributed by atoms with van der Waals surface area (Å²) in [7, 11) is -3.42. The summed E-state index contributed by atoms with van der Waals surface area (Å²) in [6.45, 7) is 1.43. The van der Waals surface area contributed by atoms with E-state index in [9.17, 15) is 8.42 Å². The lowest BCUT2D eigenvalue weighted by Crippen LogP contribution is -2.35. The average Bonchev–Trinajstić information content (AvgIpc) is 3.23. The van der Waals surface area contributed by atoms with Gasteiger partial charge in [-0.15, -0.1) is 0 Å². The van der Waals surface area contributed by atoms with E-state index in [1.54, 1.807) is 28.6 Å². The Balaban J connectivity index is 1.39. The number of ether oxygens (including phenoxy) is 1. The van der Waals surface area contributed by atoms with Crippen molar-refractivity contribution in [2.24, 2.45) is 0 Å². The number of hydrogen-bond acceptors (Lipinski definition) is 5. The molecule has 2 heterocycles. The molecule has 7 heteroatoms. The van der Waals surface area contributed by atoms with E-state index < -0.39 is 10.0 Å². The van der Waals surface area contributed by atoms with Crippen LogP contribution >= 0.6 is 0 Å². The van der Waals surface area contributed by atoms with Crippen molar-refractivity contribution in [3.63, 3.8) is 0 Å². The van der Waals surface area contributed by atoms with E-state index in [-0.39, 0.29) is 6.61 Å². The third-order valence-corrected chi connectivity index (χ3v) is 6.69. The fourth-order valence-electron chi connectivity index (χ4n) is 3.24. The number of nitrogens with zero attached hydrogens (tertiary/aromatic N) is 2. The number of hydrogen-bond donors (Lipinski definition) is 0. The summed E-state index contributed by atoms with van der Waals surface area (Å²) in [5.41, 5.74) is 1.62. The Labute approximate surface area is 164 Å². The van der Waals surface area contributed by atoms with Gasteiger partial charge >= 0.3 is 0 Å². The standard InChI is InChI=1S/C21H22N2O4S/c24-28(25,23-13-5-2-6-14-23)20-11-9-19(10-12-20)26-16-18-15-21(27-22-18)17-7-3-1-4-8-17/h1,3-4,7-12,15H,2,5-6,13-14,16H2. The summed E-state index contributed by atoms with van der Waals surface area (Å²) in [6.07, 6.45) is 2.93. The minimum absolute atomic E-state index is 0.245. The molecule has 1 aliphatic heterocycles. The molecule has 0 amide bonds. The molecule has 1 saturated heterocycles. The predicted molar refractivity (Wildman–Crippen MR) is 105 cm³/mol. The van der Waals surface area contributed by atoms with Gasteiger partial charge in [-0.05, 0) is 37.1 Å². The van der Waals surface area contributed by atoms with Crippen LogP contribution < -0.4 is 4.74 Å². The van der Waals surface area contributed by atoms with E-state index in [0.29, 0.717) is 35.2 Å². The van der Waals surface area contributed by atoms with Crippen molar-refractivity contribution in [1.29, 1.82) is 0 Å². The minimum Gasteiger partial charge on any atom is -0.487 e. The molecule has 28 heavy (non-hydrogen) atoms. The lowest BCUT2D eigenvalue weighted by molar-refractivity contribution is 0.290. The topological polar surface area (TPSA) is 72.6 Å². The summed E-state index contributed by atoms with van der Waals surface area (Å²) in [4.78, 5) is 0.301. The average molecular weight is 398 g/mol. The Morgan fingerprint density at radius 3 is 2.39 bits per heavy atom. The molecule has 3 aromatic rings. The maximum Gasteiger partial charge on any atom is 0.243 e. The molecule has 1 aliphatic rings. The molecule has 6 nitrogen and oxygen atoms in total. The highest BCUT2D eigenvalue weighted by molar-refractivity contribution is 7.89. The largest absolute Gasteiger partial charge is 0.487 e. The first-order chi connectivity index (χ1) is 13.6. The van der Waals surface area contributed by atoms with Gasteiger partial charge in [-0.25, -0.2) is 8.42 Å². The van der Waals surface area contributed by atoms with Crippen LogP contribution in [0.25, 0.3) is 11.3 Å². The van der Waals surface area contributed by atoms with Gasteiger partial charge in [-0.3, -0.25) is 0 Å². The monoisotopic (exact) mass is 398 g/mol. The molecule has 0 spiro atoms. The molecular formula is C21H22N2O4S. The molecular weight excluding hydrogens is 376 g/mol. The molecule has 0 saturated carbocycles. The van der Waals surface area contributed by atoms with Crippen molar-refractivity contribution in [2.75, 3.05) is 13.1 Å². The number of sulfonamides is 1. The van der Waals surface area contributed by atoms with Crippen LogP contribution in [-0.4, -0.2) is 31.0 Å². The fourth-order valence-corrected chi connectivity index (χ4v) is 4.75. The number of piperidine rings is 1. The van der Waals surface area contributed by atoms with Crippen molar-refractivity contribution < 1.29 is 17.7 Å². The van der Waals surface area contributed by atoms with Crippen LogP contribution in [0.5, 0.6) is 5.75 Å². The van der Waals surface area contributed by atoms with Crippen LogP contribution in [0.15, 0.2) is 70.1 Å². The van der Waals surface area contributed by atoms with E-state index in [1.165, 1.54) is 0 Å². The Morgan fingerprint density at radius 2 is 1.68 bits per heavy atom. The zero-order valence-electron chi connectivity index (χ0n) is 15.5. The molecule has 0 bridgehead atoms. The van der Waals surface area contributed by atoms with Crippen LogP contribution in [-0.2, 0) is 16.6 Å². The molecule has 0 atom stereocenters. The van der Waals surface area contributed by atoms with Gasteiger partial charge in [0.2, 0.25) is 10.0 Å². The first-order valence-electron chi connectivity index (χ1n) is 9.37. The molecule has 1 fully saturated rings. The van der Waals surface area contributed by atoms with Crippen LogP contribution in [0, 0.1) is 0 Å². The smallest absolute Gasteiger partial charge is 0.243 e. The summed E-state index contributed by atoms with van der Waals surface area (Å²) in [5, 5.41) is 4.02. The van der Waals surface area contributed by atoms with Crippen LogP contribution in [0.1, 0.15) is 25.0 Å². The summed E-state index contributed by atoms with van der Waals surface area (Å²) < 4.78 is 38.0. The highest BCUT2D eigenvalue weighted by atomic mass is 32.2. The van der Waals surface area contributed by atoms with Gasteiger partial charge in [0.15, 0.2) is 5.76 Å². The van der Waals surface area contributed by atoms with Crippen molar-refractivity contribution in [2.45, 2.75) is 30.8 Å². The van der Waals surface area contributed by atoms with Crippen LogP contribution in [0.2, 0.25) is 0 Å². The van der Waals surface area contributed by atoms with Crippen LogP contribution in [0.4, 0.5) is 0 Å². The molecule has 0 N–H and O–H groups in total. The zero-order chi connectivity index (χ0) is 19.4. The van der Waals surface area contributed by atoms with Crippen molar-refractivity contribution in [3.8, 4) is 17.1 Å². The first-order valence-corrected chi connectivity index (χ1v) is 10.8. The Morgan fingerprint density at radius 1 is 0.964 bits per heavy atom. The van der Waals surface area contributed by atoms with E-state index in [4.69, 9.17) is 9.26 Å². The summed E-state index contributed by atoms with van der Waals surface area (Å²) in [6, 6.07) is 18.1. The second kappa shape index (κ2) is 8.16. The second-order valence-electron chi connectivity index (χ2n) is 6.77. The maximum absolute atomic E-state index is 12.7. The highest BCUT2D eigenvalue weighted by Gasteiger charge is 2.25. The Hall–Kier alpha value is -2.64. The van der Waals surface area contributed by atoms with Crippen molar-refractivity contribution in [1.82, 2.24) is 9.46 Å². The first kappa shape index (κ1) is 18.7. The molecule has 0 unspecified atom stereocenters. The third kappa shape index (κ3) is 4.10. The highest BCUT2D eigenvalue weighted by Crippen LogP contribution is 2.24. The molecule has 4 rings (SSSR count). The Kier molecular flexibility index (Phi) is 5.45. The fraction of sp³-hybridized carbons (Fsp3) is 0.286.